The van der Waals surface area contributed by atoms with Gasteiger partial charge in [-0.2, -0.15) is 5.10 Å². The molecule has 0 radical (unpaired) electrons. The first-order valence-electron chi connectivity index (χ1n) is 12.0. The molecule has 5 rings (SSSR count). The van der Waals surface area contributed by atoms with Gasteiger partial charge in [0.25, 0.3) is 11.8 Å². The zero-order valence-electron chi connectivity index (χ0n) is 20.6. The van der Waals surface area contributed by atoms with E-state index in [1.54, 1.807) is 6.07 Å². The van der Waals surface area contributed by atoms with Crippen molar-refractivity contribution in [1.29, 1.82) is 0 Å². The molecule has 0 aliphatic carbocycles. The zero-order valence-corrected chi connectivity index (χ0v) is 21.4. The summed E-state index contributed by atoms with van der Waals surface area (Å²) in [5.74, 6) is -0.197. The lowest BCUT2D eigenvalue weighted by Crippen LogP contribution is -2.34. The van der Waals surface area contributed by atoms with Crippen LogP contribution in [0.5, 0.6) is 0 Å². The minimum absolute atomic E-state index is 0.0176. The Morgan fingerprint density at radius 2 is 2.00 bits per heavy atom. The number of carbonyl (C=O) groups excluding carboxylic acids is 2. The first-order chi connectivity index (χ1) is 17.4. The Labute approximate surface area is 214 Å². The number of benzene rings is 2. The van der Waals surface area contributed by atoms with Crippen LogP contribution in [-0.4, -0.2) is 65.0 Å². The fourth-order valence-electron chi connectivity index (χ4n) is 4.54. The van der Waals surface area contributed by atoms with Gasteiger partial charge in [0, 0.05) is 35.8 Å². The molecule has 0 saturated carbocycles. The van der Waals surface area contributed by atoms with Crippen LogP contribution in [-0.2, 0) is 0 Å². The van der Waals surface area contributed by atoms with E-state index in [1.165, 1.54) is 11.3 Å². The third-order valence-electron chi connectivity index (χ3n) is 6.72. The molecule has 0 bridgehead atoms. The topological polar surface area (TPSA) is 81.3 Å². The number of aryl methyl sites for hydroxylation is 1. The summed E-state index contributed by atoms with van der Waals surface area (Å²) >= 11 is 1.41. The predicted molar refractivity (Wildman–Crippen MR) is 146 cm³/mol. The van der Waals surface area contributed by atoms with Gasteiger partial charge < -0.3 is 15.1 Å². The zero-order chi connectivity index (χ0) is 25.2. The summed E-state index contributed by atoms with van der Waals surface area (Å²) in [6.07, 6.45) is 4.80. The number of aromatic amines is 1. The van der Waals surface area contributed by atoms with E-state index < -0.39 is 0 Å². The van der Waals surface area contributed by atoms with Crippen LogP contribution < -0.4 is 5.32 Å². The number of likely N-dealkylation sites (tertiary alicyclic amines) is 1. The van der Waals surface area contributed by atoms with Crippen molar-refractivity contribution >= 4 is 51.9 Å². The Morgan fingerprint density at radius 3 is 2.75 bits per heavy atom. The van der Waals surface area contributed by atoms with Gasteiger partial charge in [0.15, 0.2) is 0 Å². The Balaban J connectivity index is 1.46. The van der Waals surface area contributed by atoms with Crippen LogP contribution in [0.3, 0.4) is 0 Å². The molecular weight excluding hydrogens is 470 g/mol. The van der Waals surface area contributed by atoms with Gasteiger partial charge in [0.2, 0.25) is 0 Å². The Kier molecular flexibility index (Phi) is 6.71. The standard InChI is InChI=1S/C28H29N5O2S/c1-18-13-15-36-26(18)27(34)29-25-16-20(28(35)33-14-12-21(17-33)32(2)3)9-8-19(25)10-11-24-22-6-4-5-7-23(22)30-31-24/h4-11,13,15-16,21H,12,14,17H2,1-3H3,(H,29,34)(H,30,31)/b11-10+. The molecule has 1 atom stereocenters. The number of fused-ring (bicyclic) bond motifs is 1. The third kappa shape index (κ3) is 4.82. The van der Waals surface area contributed by atoms with Gasteiger partial charge in [-0.1, -0.05) is 30.3 Å². The monoisotopic (exact) mass is 499 g/mol. The maximum atomic E-state index is 13.3. The van der Waals surface area contributed by atoms with Crippen molar-refractivity contribution in [2.75, 3.05) is 32.5 Å². The molecule has 36 heavy (non-hydrogen) atoms. The Hall–Kier alpha value is -3.75. The fraction of sp³-hybridized carbons (Fsp3) is 0.250. The third-order valence-corrected chi connectivity index (χ3v) is 7.73. The molecule has 1 aliphatic heterocycles. The molecule has 0 spiro atoms. The number of anilines is 1. The lowest BCUT2D eigenvalue weighted by atomic mass is 10.1. The molecule has 184 valence electrons. The molecule has 2 aromatic heterocycles. The Bertz CT molecular complexity index is 1450. The average Bonchev–Trinajstić information content (AvgIpc) is 3.62. The van der Waals surface area contributed by atoms with E-state index in [0.29, 0.717) is 28.7 Å². The van der Waals surface area contributed by atoms with Crippen LogP contribution in [0.2, 0.25) is 0 Å². The van der Waals surface area contributed by atoms with E-state index in [1.807, 2.05) is 85.9 Å². The summed E-state index contributed by atoms with van der Waals surface area (Å²) in [4.78, 5) is 31.1. The smallest absolute Gasteiger partial charge is 0.266 e. The number of H-pyrrole nitrogens is 1. The number of carbonyl (C=O) groups is 2. The van der Waals surface area contributed by atoms with Crippen molar-refractivity contribution in [3.63, 3.8) is 0 Å². The number of thiophene rings is 1. The van der Waals surface area contributed by atoms with Gasteiger partial charge in [-0.05, 0) is 74.3 Å². The van der Waals surface area contributed by atoms with E-state index in [-0.39, 0.29) is 11.8 Å². The van der Waals surface area contributed by atoms with Crippen molar-refractivity contribution in [3.05, 3.63) is 81.2 Å². The van der Waals surface area contributed by atoms with Gasteiger partial charge in [0.05, 0.1) is 16.1 Å². The van der Waals surface area contributed by atoms with Crippen LogP contribution in [0.4, 0.5) is 5.69 Å². The lowest BCUT2D eigenvalue weighted by Gasteiger charge is -2.21. The van der Waals surface area contributed by atoms with E-state index in [0.717, 1.165) is 40.7 Å². The molecule has 8 heteroatoms. The number of hydrogen-bond acceptors (Lipinski definition) is 5. The molecule has 4 aromatic rings. The summed E-state index contributed by atoms with van der Waals surface area (Å²) in [5.41, 5.74) is 4.66. The highest BCUT2D eigenvalue weighted by atomic mass is 32.1. The lowest BCUT2D eigenvalue weighted by molar-refractivity contribution is 0.0782. The van der Waals surface area contributed by atoms with E-state index >= 15 is 0 Å². The van der Waals surface area contributed by atoms with Gasteiger partial charge in [-0.15, -0.1) is 11.3 Å². The van der Waals surface area contributed by atoms with E-state index in [2.05, 4.69) is 20.4 Å². The quantitative estimate of drug-likeness (QED) is 0.385. The van der Waals surface area contributed by atoms with Crippen molar-refractivity contribution in [2.45, 2.75) is 19.4 Å². The number of nitrogens with one attached hydrogen (secondary N) is 2. The largest absolute Gasteiger partial charge is 0.337 e. The highest BCUT2D eigenvalue weighted by molar-refractivity contribution is 7.12. The number of para-hydroxylation sites is 1. The first-order valence-corrected chi connectivity index (χ1v) is 12.8. The first kappa shape index (κ1) is 24.0. The molecular formula is C28H29N5O2S. The van der Waals surface area contributed by atoms with Crippen molar-refractivity contribution in [2.24, 2.45) is 0 Å². The van der Waals surface area contributed by atoms with Crippen LogP contribution in [0, 0.1) is 6.92 Å². The van der Waals surface area contributed by atoms with Crippen LogP contribution in [0.1, 0.15) is 43.3 Å². The number of amides is 2. The second kappa shape index (κ2) is 10.1. The molecule has 1 unspecified atom stereocenters. The highest BCUT2D eigenvalue weighted by Crippen LogP contribution is 2.26. The van der Waals surface area contributed by atoms with Crippen LogP contribution >= 0.6 is 11.3 Å². The maximum Gasteiger partial charge on any atom is 0.266 e. The van der Waals surface area contributed by atoms with E-state index in [9.17, 15) is 9.59 Å². The van der Waals surface area contributed by atoms with Gasteiger partial charge in [-0.3, -0.25) is 14.7 Å². The van der Waals surface area contributed by atoms with Crippen LogP contribution in [0.25, 0.3) is 23.1 Å². The Morgan fingerprint density at radius 1 is 1.17 bits per heavy atom. The molecule has 1 aliphatic rings. The number of likely N-dealkylation sites (N-methyl/N-ethyl adjacent to an activating group) is 1. The molecule has 2 aromatic carbocycles. The van der Waals surface area contributed by atoms with Crippen molar-refractivity contribution in [1.82, 2.24) is 20.0 Å². The number of nitrogens with zero attached hydrogens (tertiary/aromatic N) is 3. The molecule has 2 N–H and O–H groups in total. The average molecular weight is 500 g/mol. The summed E-state index contributed by atoms with van der Waals surface area (Å²) in [7, 11) is 4.09. The molecule has 3 heterocycles. The summed E-state index contributed by atoms with van der Waals surface area (Å²) in [6.45, 7) is 3.35. The minimum Gasteiger partial charge on any atom is -0.337 e. The SMILES string of the molecule is Cc1ccsc1C(=O)Nc1cc(C(=O)N2CCC(N(C)C)C2)ccc1/C=C/c1n[nH]c2ccccc12. The van der Waals surface area contributed by atoms with E-state index in [4.69, 9.17) is 0 Å². The van der Waals surface area contributed by atoms with Gasteiger partial charge in [0.1, 0.15) is 0 Å². The molecule has 1 fully saturated rings. The predicted octanol–water partition coefficient (Wildman–Crippen LogP) is 5.13. The fourth-order valence-corrected chi connectivity index (χ4v) is 5.36. The summed E-state index contributed by atoms with van der Waals surface area (Å²) in [5, 5.41) is 13.4. The second-order valence-electron chi connectivity index (χ2n) is 9.33. The van der Waals surface area contributed by atoms with Gasteiger partial charge >= 0.3 is 0 Å². The number of rotatable bonds is 6. The maximum absolute atomic E-state index is 13.3. The second-order valence-corrected chi connectivity index (χ2v) is 10.3. The highest BCUT2D eigenvalue weighted by Gasteiger charge is 2.28. The number of aromatic nitrogens is 2. The summed E-state index contributed by atoms with van der Waals surface area (Å²) < 4.78 is 0. The molecule has 1 saturated heterocycles. The number of hydrogen-bond donors (Lipinski definition) is 2. The summed E-state index contributed by atoms with van der Waals surface area (Å²) in [6, 6.07) is 15.7. The molecule has 2 amide bonds. The minimum atomic E-state index is -0.180. The molecule has 7 nitrogen and oxygen atoms in total. The van der Waals surface area contributed by atoms with Crippen molar-refractivity contribution in [3.8, 4) is 0 Å². The van der Waals surface area contributed by atoms with Crippen LogP contribution in [0.15, 0.2) is 53.9 Å². The van der Waals surface area contributed by atoms with Gasteiger partial charge in [-0.25, -0.2) is 0 Å². The van der Waals surface area contributed by atoms with Crippen molar-refractivity contribution < 1.29 is 9.59 Å². The normalized spacial score (nSPS) is 15.9.